The molecule has 0 aromatic heterocycles. The summed E-state index contributed by atoms with van der Waals surface area (Å²) in [5.41, 5.74) is 2.02. The van der Waals surface area contributed by atoms with Crippen LogP contribution in [0.3, 0.4) is 0 Å². The second-order valence-electron chi connectivity index (χ2n) is 6.11. The first-order valence-corrected chi connectivity index (χ1v) is 11.0. The van der Waals surface area contributed by atoms with E-state index in [0.717, 1.165) is 5.56 Å². The molecule has 0 spiro atoms. The number of carbonyl (C=O) groups is 1. The van der Waals surface area contributed by atoms with E-state index in [9.17, 15) is 13.2 Å². The maximum absolute atomic E-state index is 13.3. The average Bonchev–Trinajstić information content (AvgIpc) is 2.98. The quantitative estimate of drug-likeness (QED) is 0.556. The topological polar surface area (TPSA) is 54.5 Å². The molecule has 0 N–H and O–H groups in total. The minimum Gasteiger partial charge on any atom is -0.294 e. The molecule has 0 fully saturated rings. The molecule has 136 valence electrons. The predicted molar refractivity (Wildman–Crippen MR) is 112 cm³/mol. The van der Waals surface area contributed by atoms with Gasteiger partial charge in [0, 0.05) is 20.6 Å². The van der Waals surface area contributed by atoms with Crippen molar-refractivity contribution in [1.29, 1.82) is 0 Å². The Morgan fingerprint density at radius 3 is 2.42 bits per heavy atom. The fraction of sp³-hybridized carbons (Fsp3) is 0.211. The summed E-state index contributed by atoms with van der Waals surface area (Å²) >= 11 is 8.09. The zero-order valence-electron chi connectivity index (χ0n) is 14.1. The summed E-state index contributed by atoms with van der Waals surface area (Å²) in [7, 11) is -3.82. The molecular formula is C19H17ClINO3S. The van der Waals surface area contributed by atoms with Crippen molar-refractivity contribution in [2.75, 3.05) is 10.8 Å². The molecule has 0 amide bonds. The highest BCUT2D eigenvalue weighted by atomic mass is 127. The Bertz CT molecular complexity index is 984. The summed E-state index contributed by atoms with van der Waals surface area (Å²) in [5, 5.41) is 0.530. The summed E-state index contributed by atoms with van der Waals surface area (Å²) < 4.78 is 28.7. The van der Waals surface area contributed by atoms with E-state index >= 15 is 0 Å². The van der Waals surface area contributed by atoms with Crippen LogP contribution in [0.1, 0.15) is 18.4 Å². The maximum Gasteiger partial charge on any atom is 0.264 e. The molecule has 0 unspecified atom stereocenters. The van der Waals surface area contributed by atoms with Crippen LogP contribution < -0.4 is 4.31 Å². The van der Waals surface area contributed by atoms with Gasteiger partial charge >= 0.3 is 0 Å². The molecule has 1 aliphatic carbocycles. The van der Waals surface area contributed by atoms with Crippen molar-refractivity contribution in [3.63, 3.8) is 0 Å². The maximum atomic E-state index is 13.3. The zero-order valence-corrected chi connectivity index (χ0v) is 17.8. The third-order valence-corrected chi connectivity index (χ3v) is 7.09. The SMILES string of the molecule is Cc1ccc(S(=O)(=O)N(CC2=CCCC2=O)c2ccc(Cl)cc2I)cc1. The predicted octanol–water partition coefficient (Wildman–Crippen LogP) is 4.74. The van der Waals surface area contributed by atoms with Gasteiger partial charge in [-0.3, -0.25) is 9.10 Å². The molecule has 0 bridgehead atoms. The Morgan fingerprint density at radius 2 is 1.85 bits per heavy atom. The molecule has 0 atom stereocenters. The summed E-state index contributed by atoms with van der Waals surface area (Å²) in [6, 6.07) is 11.7. The van der Waals surface area contributed by atoms with E-state index < -0.39 is 10.0 Å². The number of hydrogen-bond donors (Lipinski definition) is 0. The second-order valence-corrected chi connectivity index (χ2v) is 9.57. The van der Waals surface area contributed by atoms with Gasteiger partial charge < -0.3 is 0 Å². The van der Waals surface area contributed by atoms with E-state index in [2.05, 4.69) is 22.6 Å². The molecule has 0 radical (unpaired) electrons. The highest BCUT2D eigenvalue weighted by molar-refractivity contribution is 14.1. The van der Waals surface area contributed by atoms with Crippen LogP contribution in [0.4, 0.5) is 5.69 Å². The number of sulfonamides is 1. The van der Waals surface area contributed by atoms with Crippen molar-refractivity contribution in [3.8, 4) is 0 Å². The van der Waals surface area contributed by atoms with Gasteiger partial charge in [0.1, 0.15) is 0 Å². The Labute approximate surface area is 172 Å². The van der Waals surface area contributed by atoms with E-state index in [1.165, 1.54) is 4.31 Å². The van der Waals surface area contributed by atoms with Gasteiger partial charge in [-0.05, 0) is 66.3 Å². The molecule has 4 nitrogen and oxygen atoms in total. The van der Waals surface area contributed by atoms with Crippen LogP contribution >= 0.6 is 34.2 Å². The van der Waals surface area contributed by atoms with Crippen molar-refractivity contribution in [1.82, 2.24) is 0 Å². The number of halogens is 2. The number of allylic oxidation sites excluding steroid dienone is 1. The second kappa shape index (κ2) is 7.70. The monoisotopic (exact) mass is 501 g/mol. The third-order valence-electron chi connectivity index (χ3n) is 4.22. The minimum atomic E-state index is -3.82. The number of hydrogen-bond acceptors (Lipinski definition) is 3. The number of rotatable bonds is 5. The number of Topliss-reactive ketones (excluding diaryl/α,β-unsaturated/α-hetero) is 1. The Hall–Kier alpha value is -1.38. The first kappa shape index (κ1) is 19.4. The van der Waals surface area contributed by atoms with Crippen molar-refractivity contribution in [2.24, 2.45) is 0 Å². The molecule has 0 saturated carbocycles. The number of ketones is 1. The molecule has 2 aromatic rings. The Kier molecular flexibility index (Phi) is 5.74. The van der Waals surface area contributed by atoms with Gasteiger partial charge in [0.2, 0.25) is 0 Å². The number of nitrogens with zero attached hydrogens (tertiary/aromatic N) is 1. The fourth-order valence-electron chi connectivity index (χ4n) is 2.78. The van der Waals surface area contributed by atoms with E-state index in [1.54, 1.807) is 42.5 Å². The lowest BCUT2D eigenvalue weighted by molar-refractivity contribution is -0.114. The van der Waals surface area contributed by atoms with Gasteiger partial charge in [-0.2, -0.15) is 0 Å². The lowest BCUT2D eigenvalue weighted by atomic mass is 10.2. The highest BCUT2D eigenvalue weighted by Crippen LogP contribution is 2.32. The van der Waals surface area contributed by atoms with Crippen LogP contribution in [0, 0.1) is 10.5 Å². The van der Waals surface area contributed by atoms with Gasteiger partial charge in [-0.25, -0.2) is 8.42 Å². The van der Waals surface area contributed by atoms with E-state index in [4.69, 9.17) is 11.6 Å². The molecule has 2 aromatic carbocycles. The first-order chi connectivity index (χ1) is 12.3. The summed E-state index contributed by atoms with van der Waals surface area (Å²) in [5.74, 6) is -0.00178. The number of anilines is 1. The summed E-state index contributed by atoms with van der Waals surface area (Å²) in [4.78, 5) is 12.3. The van der Waals surface area contributed by atoms with E-state index in [1.807, 2.05) is 13.0 Å². The largest absolute Gasteiger partial charge is 0.294 e. The third kappa shape index (κ3) is 3.97. The van der Waals surface area contributed by atoms with Crippen LogP contribution in [0.25, 0.3) is 0 Å². The molecule has 3 rings (SSSR count). The number of carbonyl (C=O) groups excluding carboxylic acids is 1. The Morgan fingerprint density at radius 1 is 1.15 bits per heavy atom. The molecule has 7 heteroatoms. The average molecular weight is 502 g/mol. The van der Waals surface area contributed by atoms with Gasteiger partial charge in [-0.15, -0.1) is 0 Å². The minimum absolute atomic E-state index is 0.00178. The van der Waals surface area contributed by atoms with E-state index in [-0.39, 0.29) is 17.2 Å². The molecule has 0 aliphatic heterocycles. The smallest absolute Gasteiger partial charge is 0.264 e. The Balaban J connectivity index is 2.10. The zero-order chi connectivity index (χ0) is 18.9. The lowest BCUT2D eigenvalue weighted by Gasteiger charge is -2.26. The van der Waals surface area contributed by atoms with Crippen LogP contribution in [0.5, 0.6) is 0 Å². The summed E-state index contributed by atoms with van der Waals surface area (Å²) in [6.45, 7) is 1.92. The van der Waals surface area contributed by atoms with Gasteiger partial charge in [0.25, 0.3) is 10.0 Å². The van der Waals surface area contributed by atoms with Crippen molar-refractivity contribution in [2.45, 2.75) is 24.7 Å². The van der Waals surface area contributed by atoms with Crippen LogP contribution in [-0.4, -0.2) is 20.7 Å². The van der Waals surface area contributed by atoms with Crippen molar-refractivity contribution < 1.29 is 13.2 Å². The molecule has 0 saturated heterocycles. The highest BCUT2D eigenvalue weighted by Gasteiger charge is 2.29. The van der Waals surface area contributed by atoms with Crippen LogP contribution in [-0.2, 0) is 14.8 Å². The van der Waals surface area contributed by atoms with Crippen LogP contribution in [0.2, 0.25) is 5.02 Å². The molecular weight excluding hydrogens is 485 g/mol. The molecule has 26 heavy (non-hydrogen) atoms. The summed E-state index contributed by atoms with van der Waals surface area (Å²) in [6.07, 6.45) is 2.92. The number of aryl methyl sites for hydroxylation is 1. The van der Waals surface area contributed by atoms with Gasteiger partial charge in [0.05, 0.1) is 17.1 Å². The molecule has 1 aliphatic rings. The van der Waals surface area contributed by atoms with Gasteiger partial charge in [0.15, 0.2) is 5.78 Å². The van der Waals surface area contributed by atoms with Gasteiger partial charge in [-0.1, -0.05) is 35.4 Å². The van der Waals surface area contributed by atoms with Crippen LogP contribution in [0.15, 0.2) is 59.0 Å². The molecule has 0 heterocycles. The first-order valence-electron chi connectivity index (χ1n) is 8.06. The number of benzene rings is 2. The van der Waals surface area contributed by atoms with Crippen molar-refractivity contribution >= 4 is 55.7 Å². The fourth-order valence-corrected chi connectivity index (χ4v) is 5.57. The normalized spacial score (nSPS) is 14.4. The standard InChI is InChI=1S/C19H17ClINO3S/c1-13-5-8-16(9-6-13)26(24,25)22(12-14-3-2-4-19(14)23)18-10-7-15(20)11-17(18)21/h3,5-11H,2,4,12H2,1H3. The van der Waals surface area contributed by atoms with E-state index in [0.29, 0.717) is 32.7 Å². The van der Waals surface area contributed by atoms with Crippen molar-refractivity contribution in [3.05, 3.63) is 68.3 Å². The lowest BCUT2D eigenvalue weighted by Crippen LogP contribution is -2.34.